The molecule has 1 unspecified atom stereocenters. The van der Waals surface area contributed by atoms with Crippen molar-refractivity contribution < 1.29 is 19.4 Å². The molecule has 19 heavy (non-hydrogen) atoms. The van der Waals surface area contributed by atoms with Gasteiger partial charge >= 0.3 is 6.09 Å². The Kier molecular flexibility index (Phi) is 3.73. The van der Waals surface area contributed by atoms with E-state index >= 15 is 0 Å². The third-order valence-corrected chi connectivity index (χ3v) is 2.95. The van der Waals surface area contributed by atoms with Gasteiger partial charge in [0.2, 0.25) is 0 Å². The maximum atomic E-state index is 12.1. The van der Waals surface area contributed by atoms with Crippen LogP contribution in [0.4, 0.5) is 10.5 Å². The van der Waals surface area contributed by atoms with E-state index in [9.17, 15) is 9.90 Å². The second kappa shape index (κ2) is 5.02. The van der Waals surface area contributed by atoms with Gasteiger partial charge in [-0.15, -0.1) is 0 Å². The van der Waals surface area contributed by atoms with Gasteiger partial charge in [0, 0.05) is 4.47 Å². The van der Waals surface area contributed by atoms with Crippen molar-refractivity contribution in [2.75, 3.05) is 11.5 Å². The molecule has 104 valence electrons. The van der Waals surface area contributed by atoms with Gasteiger partial charge in [-0.3, -0.25) is 0 Å². The zero-order chi connectivity index (χ0) is 14.2. The van der Waals surface area contributed by atoms with Crippen LogP contribution >= 0.6 is 15.9 Å². The lowest BCUT2D eigenvalue weighted by molar-refractivity contribution is 0.0359. The molecule has 0 aromatic heterocycles. The molecular weight excluding hydrogens is 314 g/mol. The Hall–Kier alpha value is -1.27. The molecule has 2 rings (SSSR count). The van der Waals surface area contributed by atoms with Crippen LogP contribution in [0.1, 0.15) is 20.8 Å². The van der Waals surface area contributed by atoms with E-state index in [0.717, 1.165) is 4.47 Å². The summed E-state index contributed by atoms with van der Waals surface area (Å²) >= 11 is 3.33. The van der Waals surface area contributed by atoms with Crippen molar-refractivity contribution in [1.29, 1.82) is 0 Å². The summed E-state index contributed by atoms with van der Waals surface area (Å²) in [6.07, 6.45) is -1.64. The number of nitrogens with zero attached hydrogens (tertiary/aromatic N) is 1. The number of carbonyl (C=O) groups is 1. The largest absolute Gasteiger partial charge is 0.487 e. The van der Waals surface area contributed by atoms with Gasteiger partial charge in [-0.1, -0.05) is 15.9 Å². The SMILES string of the molecule is CC(C)(C)OC(=O)N1c2ccc(Br)cc2OCC1O. The minimum atomic E-state index is -1.05. The van der Waals surface area contributed by atoms with E-state index < -0.39 is 17.9 Å². The van der Waals surface area contributed by atoms with E-state index in [2.05, 4.69) is 15.9 Å². The van der Waals surface area contributed by atoms with E-state index in [1.165, 1.54) is 4.90 Å². The van der Waals surface area contributed by atoms with Crippen molar-refractivity contribution >= 4 is 27.7 Å². The molecule has 0 spiro atoms. The van der Waals surface area contributed by atoms with Gasteiger partial charge in [-0.2, -0.15) is 0 Å². The number of anilines is 1. The topological polar surface area (TPSA) is 59.0 Å². The van der Waals surface area contributed by atoms with Crippen LogP contribution in [0.5, 0.6) is 5.75 Å². The molecular formula is C13H16BrNO4. The van der Waals surface area contributed by atoms with Crippen molar-refractivity contribution in [2.45, 2.75) is 32.6 Å². The van der Waals surface area contributed by atoms with Crippen LogP contribution in [0.2, 0.25) is 0 Å². The summed E-state index contributed by atoms with van der Waals surface area (Å²) in [4.78, 5) is 13.4. The predicted octanol–water partition coefficient (Wildman–Crippen LogP) is 2.90. The first-order valence-corrected chi connectivity index (χ1v) is 6.70. The Labute approximate surface area is 120 Å². The highest BCUT2D eigenvalue weighted by Gasteiger charge is 2.34. The van der Waals surface area contributed by atoms with Gasteiger partial charge in [0.1, 0.15) is 18.0 Å². The highest BCUT2D eigenvalue weighted by Crippen LogP contribution is 2.36. The molecule has 0 saturated heterocycles. The van der Waals surface area contributed by atoms with Crippen molar-refractivity contribution in [3.05, 3.63) is 22.7 Å². The van der Waals surface area contributed by atoms with Crippen LogP contribution < -0.4 is 9.64 Å². The molecule has 0 radical (unpaired) electrons. The molecule has 0 saturated carbocycles. The Balaban J connectivity index is 2.33. The van der Waals surface area contributed by atoms with E-state index in [-0.39, 0.29) is 6.61 Å². The minimum absolute atomic E-state index is 0.0166. The van der Waals surface area contributed by atoms with Crippen LogP contribution in [0.25, 0.3) is 0 Å². The average Bonchev–Trinajstić information content (AvgIpc) is 2.26. The summed E-state index contributed by atoms with van der Waals surface area (Å²) in [5.74, 6) is 0.533. The summed E-state index contributed by atoms with van der Waals surface area (Å²) in [5.41, 5.74) is -0.124. The fraction of sp³-hybridized carbons (Fsp3) is 0.462. The standard InChI is InChI=1S/C13H16BrNO4/c1-13(2,3)19-12(17)15-9-5-4-8(14)6-10(9)18-7-11(15)16/h4-6,11,16H,7H2,1-3H3. The van der Waals surface area contributed by atoms with E-state index in [1.807, 2.05) is 0 Å². The van der Waals surface area contributed by atoms with Crippen LogP contribution in [0.15, 0.2) is 22.7 Å². The third-order valence-electron chi connectivity index (χ3n) is 2.46. The van der Waals surface area contributed by atoms with Crippen molar-refractivity contribution in [3.63, 3.8) is 0 Å². The summed E-state index contributed by atoms with van der Waals surface area (Å²) in [6.45, 7) is 5.35. The van der Waals surface area contributed by atoms with Gasteiger partial charge in [-0.05, 0) is 39.0 Å². The zero-order valence-electron chi connectivity index (χ0n) is 11.0. The smallest absolute Gasteiger partial charge is 0.417 e. The highest BCUT2D eigenvalue weighted by atomic mass is 79.9. The van der Waals surface area contributed by atoms with Gasteiger partial charge in [0.25, 0.3) is 0 Å². The van der Waals surface area contributed by atoms with E-state index in [1.54, 1.807) is 39.0 Å². The first-order valence-electron chi connectivity index (χ1n) is 5.90. The molecule has 1 aromatic carbocycles. The normalized spacial score (nSPS) is 18.6. The van der Waals surface area contributed by atoms with Crippen molar-refractivity contribution in [1.82, 2.24) is 0 Å². The number of hydrogen-bond acceptors (Lipinski definition) is 4. The first-order chi connectivity index (χ1) is 8.78. The van der Waals surface area contributed by atoms with Gasteiger partial charge in [-0.25, -0.2) is 9.69 Å². The molecule has 0 aliphatic carbocycles. The fourth-order valence-corrected chi connectivity index (χ4v) is 2.07. The summed E-state index contributed by atoms with van der Waals surface area (Å²) in [7, 11) is 0. The van der Waals surface area contributed by atoms with E-state index in [0.29, 0.717) is 11.4 Å². The zero-order valence-corrected chi connectivity index (χ0v) is 12.6. The lowest BCUT2D eigenvalue weighted by atomic mass is 10.2. The Morgan fingerprint density at radius 1 is 1.53 bits per heavy atom. The van der Waals surface area contributed by atoms with E-state index in [4.69, 9.17) is 9.47 Å². The molecule has 1 amide bonds. The molecule has 0 bridgehead atoms. The molecule has 1 heterocycles. The van der Waals surface area contributed by atoms with Crippen molar-refractivity contribution in [2.24, 2.45) is 0 Å². The number of halogens is 1. The number of carbonyl (C=O) groups excluding carboxylic acids is 1. The number of aliphatic hydroxyl groups excluding tert-OH is 1. The van der Waals surface area contributed by atoms with Crippen LogP contribution in [-0.4, -0.2) is 29.6 Å². The second-order valence-electron chi connectivity index (χ2n) is 5.25. The number of benzene rings is 1. The Morgan fingerprint density at radius 3 is 2.84 bits per heavy atom. The molecule has 6 heteroatoms. The molecule has 0 fully saturated rings. The van der Waals surface area contributed by atoms with Crippen molar-refractivity contribution in [3.8, 4) is 5.75 Å². The summed E-state index contributed by atoms with van der Waals surface area (Å²) < 4.78 is 11.5. The lowest BCUT2D eigenvalue weighted by Gasteiger charge is -2.35. The van der Waals surface area contributed by atoms with Gasteiger partial charge in [0.05, 0.1) is 5.69 Å². The van der Waals surface area contributed by atoms with Gasteiger partial charge < -0.3 is 14.6 Å². The maximum Gasteiger partial charge on any atom is 0.417 e. The number of aliphatic hydroxyl groups is 1. The Morgan fingerprint density at radius 2 is 2.21 bits per heavy atom. The molecule has 1 aliphatic heterocycles. The summed E-state index contributed by atoms with van der Waals surface area (Å²) in [5, 5.41) is 9.94. The summed E-state index contributed by atoms with van der Waals surface area (Å²) in [6, 6.07) is 5.22. The first kappa shape index (κ1) is 14.1. The van der Waals surface area contributed by atoms with Crippen LogP contribution in [-0.2, 0) is 4.74 Å². The lowest BCUT2D eigenvalue weighted by Crippen LogP contribution is -2.48. The van der Waals surface area contributed by atoms with Crippen LogP contribution in [0.3, 0.4) is 0 Å². The monoisotopic (exact) mass is 329 g/mol. The fourth-order valence-electron chi connectivity index (χ4n) is 1.73. The molecule has 1 N–H and O–H groups in total. The molecule has 1 aromatic rings. The van der Waals surface area contributed by atoms with Crippen LogP contribution in [0, 0.1) is 0 Å². The predicted molar refractivity (Wildman–Crippen MR) is 74.4 cm³/mol. The number of fused-ring (bicyclic) bond motifs is 1. The number of amides is 1. The molecule has 1 atom stereocenters. The Bertz CT molecular complexity index is 498. The molecule has 1 aliphatic rings. The number of rotatable bonds is 0. The third kappa shape index (κ3) is 3.19. The molecule has 5 nitrogen and oxygen atoms in total. The van der Waals surface area contributed by atoms with Gasteiger partial charge in [0.15, 0.2) is 6.23 Å². The highest BCUT2D eigenvalue weighted by molar-refractivity contribution is 9.10. The maximum absolute atomic E-state index is 12.1. The quantitative estimate of drug-likeness (QED) is 0.795. The number of hydrogen-bond donors (Lipinski definition) is 1. The minimum Gasteiger partial charge on any atom is -0.487 e. The average molecular weight is 330 g/mol. The number of ether oxygens (including phenoxy) is 2. The second-order valence-corrected chi connectivity index (χ2v) is 6.17.